The molecule has 6 nitrogen and oxygen atoms in total. The van der Waals surface area contributed by atoms with Crippen LogP contribution >= 0.6 is 0 Å². The van der Waals surface area contributed by atoms with Gasteiger partial charge in [0.25, 0.3) is 0 Å². The van der Waals surface area contributed by atoms with E-state index in [1.165, 1.54) is 17.7 Å². The highest BCUT2D eigenvalue weighted by atomic mass is 16.2. The van der Waals surface area contributed by atoms with E-state index in [1.54, 1.807) is 6.20 Å². The van der Waals surface area contributed by atoms with E-state index >= 15 is 0 Å². The van der Waals surface area contributed by atoms with Crippen LogP contribution in [0, 0.1) is 6.92 Å². The van der Waals surface area contributed by atoms with Crippen molar-refractivity contribution in [1.29, 1.82) is 0 Å². The summed E-state index contributed by atoms with van der Waals surface area (Å²) in [5.41, 5.74) is 1.59. The van der Waals surface area contributed by atoms with Gasteiger partial charge >= 0.3 is 0 Å². The van der Waals surface area contributed by atoms with Crippen molar-refractivity contribution in [2.45, 2.75) is 45.1 Å². The minimum absolute atomic E-state index is 0.0172. The number of pyridine rings is 1. The summed E-state index contributed by atoms with van der Waals surface area (Å²) in [4.78, 5) is 32.7. The number of amides is 2. The second kappa shape index (κ2) is 6.66. The van der Waals surface area contributed by atoms with Gasteiger partial charge in [-0.3, -0.25) is 14.5 Å². The Morgan fingerprint density at radius 1 is 1.43 bits per heavy atom. The molecule has 6 heteroatoms. The molecular formula is C17H24N4O2. The molecule has 124 valence electrons. The molecule has 2 aliphatic rings. The zero-order chi connectivity index (χ0) is 16.4. The van der Waals surface area contributed by atoms with Crippen LogP contribution < -0.4 is 10.2 Å². The van der Waals surface area contributed by atoms with E-state index in [1.807, 2.05) is 13.0 Å². The van der Waals surface area contributed by atoms with E-state index in [2.05, 4.69) is 22.2 Å². The number of nitrogens with zero attached hydrogens (tertiary/aromatic N) is 3. The summed E-state index contributed by atoms with van der Waals surface area (Å²) in [7, 11) is 2.13. The highest BCUT2D eigenvalue weighted by molar-refractivity contribution is 6.08. The van der Waals surface area contributed by atoms with Crippen LogP contribution in [0.2, 0.25) is 0 Å². The molecule has 1 fully saturated rings. The molecule has 2 amide bonds. The minimum Gasteiger partial charge on any atom is -0.321 e. The summed E-state index contributed by atoms with van der Waals surface area (Å²) in [5.74, 6) is 0.390. The zero-order valence-corrected chi connectivity index (χ0v) is 13.8. The van der Waals surface area contributed by atoms with Crippen LogP contribution in [0.4, 0.5) is 11.5 Å². The molecule has 0 radical (unpaired) electrons. The average Bonchev–Trinajstić information content (AvgIpc) is 2.52. The average molecular weight is 316 g/mol. The fourth-order valence-corrected chi connectivity index (χ4v) is 3.42. The van der Waals surface area contributed by atoms with Gasteiger partial charge in [-0.1, -0.05) is 6.42 Å². The summed E-state index contributed by atoms with van der Waals surface area (Å²) in [5, 5.41) is 2.79. The maximum Gasteiger partial charge on any atom is 0.244 e. The van der Waals surface area contributed by atoms with Crippen molar-refractivity contribution < 1.29 is 9.59 Å². The first-order valence-corrected chi connectivity index (χ1v) is 8.31. The fraction of sp³-hybridized carbons (Fsp3) is 0.588. The van der Waals surface area contributed by atoms with Gasteiger partial charge in [-0.25, -0.2) is 4.98 Å². The molecule has 0 spiro atoms. The highest BCUT2D eigenvalue weighted by Gasteiger charge is 2.29. The Balaban J connectivity index is 1.69. The van der Waals surface area contributed by atoms with E-state index in [0.717, 1.165) is 24.9 Å². The van der Waals surface area contributed by atoms with Gasteiger partial charge in [0.05, 0.1) is 5.69 Å². The number of piperidine rings is 1. The quantitative estimate of drug-likeness (QED) is 0.925. The standard InChI is InChI=1S/C17H24N4O2/c1-12-9-14-17(18-10-12)21(11-15(22)19-14)16(23)7-6-13-5-3-4-8-20(13)2/h9-10,13H,3-8,11H2,1-2H3,(H,19,22). The van der Waals surface area contributed by atoms with Crippen LogP contribution in [-0.4, -0.2) is 47.9 Å². The largest absolute Gasteiger partial charge is 0.321 e. The SMILES string of the molecule is Cc1cnc2c(c1)NC(=O)CN2C(=O)CCC1CCCCN1C. The van der Waals surface area contributed by atoms with Crippen molar-refractivity contribution in [3.05, 3.63) is 17.8 Å². The van der Waals surface area contributed by atoms with Crippen molar-refractivity contribution in [2.24, 2.45) is 0 Å². The van der Waals surface area contributed by atoms with Gasteiger partial charge in [0.15, 0.2) is 5.82 Å². The lowest BCUT2D eigenvalue weighted by Gasteiger charge is -2.33. The molecule has 1 aromatic heterocycles. The van der Waals surface area contributed by atoms with Crippen LogP contribution in [0.1, 0.15) is 37.7 Å². The van der Waals surface area contributed by atoms with Crippen LogP contribution in [0.5, 0.6) is 0 Å². The molecule has 3 heterocycles. The number of nitrogens with one attached hydrogen (secondary N) is 1. The Morgan fingerprint density at radius 2 is 2.26 bits per heavy atom. The first-order valence-electron chi connectivity index (χ1n) is 8.31. The number of carbonyl (C=O) groups is 2. The molecule has 2 aliphatic heterocycles. The number of carbonyl (C=O) groups excluding carboxylic acids is 2. The lowest BCUT2D eigenvalue weighted by atomic mass is 9.98. The Hall–Kier alpha value is -1.95. The highest BCUT2D eigenvalue weighted by Crippen LogP contribution is 2.29. The molecule has 23 heavy (non-hydrogen) atoms. The van der Waals surface area contributed by atoms with Gasteiger partial charge in [0.2, 0.25) is 11.8 Å². The third-order valence-electron chi connectivity index (χ3n) is 4.75. The van der Waals surface area contributed by atoms with Crippen LogP contribution in [0.15, 0.2) is 12.3 Å². The zero-order valence-electron chi connectivity index (χ0n) is 13.8. The summed E-state index contributed by atoms with van der Waals surface area (Å²) in [6, 6.07) is 2.32. The summed E-state index contributed by atoms with van der Waals surface area (Å²) < 4.78 is 0. The number of rotatable bonds is 3. The number of hydrogen-bond donors (Lipinski definition) is 1. The molecule has 0 aromatic carbocycles. The van der Waals surface area contributed by atoms with E-state index in [0.29, 0.717) is 24.0 Å². The molecule has 1 N–H and O–H groups in total. The topological polar surface area (TPSA) is 65.5 Å². The number of likely N-dealkylation sites (tertiary alicyclic amines) is 1. The third-order valence-corrected chi connectivity index (χ3v) is 4.75. The fourth-order valence-electron chi connectivity index (χ4n) is 3.42. The molecule has 1 atom stereocenters. The first-order chi connectivity index (χ1) is 11.0. The van der Waals surface area contributed by atoms with Crippen molar-refractivity contribution in [2.75, 3.05) is 30.4 Å². The van der Waals surface area contributed by atoms with Crippen molar-refractivity contribution in [3.8, 4) is 0 Å². The maximum absolute atomic E-state index is 12.6. The predicted octanol–water partition coefficient (Wildman–Crippen LogP) is 1.94. The molecule has 3 rings (SSSR count). The lowest BCUT2D eigenvalue weighted by Crippen LogP contribution is -2.43. The predicted molar refractivity (Wildman–Crippen MR) is 89.5 cm³/mol. The Bertz CT molecular complexity index is 617. The van der Waals surface area contributed by atoms with Crippen LogP contribution in [-0.2, 0) is 9.59 Å². The van der Waals surface area contributed by atoms with Crippen molar-refractivity contribution in [3.63, 3.8) is 0 Å². The maximum atomic E-state index is 12.6. The lowest BCUT2D eigenvalue weighted by molar-refractivity contribution is -0.122. The summed E-state index contributed by atoms with van der Waals surface area (Å²) in [6.07, 6.45) is 6.65. The third kappa shape index (κ3) is 3.52. The smallest absolute Gasteiger partial charge is 0.244 e. The van der Waals surface area contributed by atoms with Gasteiger partial charge in [-0.15, -0.1) is 0 Å². The second-order valence-electron chi connectivity index (χ2n) is 6.58. The Morgan fingerprint density at radius 3 is 3.04 bits per heavy atom. The van der Waals surface area contributed by atoms with E-state index in [4.69, 9.17) is 0 Å². The molecule has 1 saturated heterocycles. The molecule has 1 unspecified atom stereocenters. The minimum atomic E-state index is -0.159. The van der Waals surface area contributed by atoms with Crippen LogP contribution in [0.25, 0.3) is 0 Å². The number of aromatic nitrogens is 1. The number of fused-ring (bicyclic) bond motifs is 1. The van der Waals surface area contributed by atoms with Gasteiger partial charge in [0, 0.05) is 18.7 Å². The van der Waals surface area contributed by atoms with Crippen LogP contribution in [0.3, 0.4) is 0 Å². The van der Waals surface area contributed by atoms with Crippen molar-refractivity contribution >= 4 is 23.3 Å². The van der Waals surface area contributed by atoms with Gasteiger partial charge in [-0.05, 0) is 51.4 Å². The van der Waals surface area contributed by atoms with E-state index < -0.39 is 0 Å². The molecule has 0 aliphatic carbocycles. The molecule has 0 saturated carbocycles. The van der Waals surface area contributed by atoms with E-state index in [9.17, 15) is 9.59 Å². The Labute approximate surface area is 136 Å². The number of hydrogen-bond acceptors (Lipinski definition) is 4. The van der Waals surface area contributed by atoms with Gasteiger partial charge in [-0.2, -0.15) is 0 Å². The second-order valence-corrected chi connectivity index (χ2v) is 6.58. The van der Waals surface area contributed by atoms with Gasteiger partial charge in [0.1, 0.15) is 6.54 Å². The molecular weight excluding hydrogens is 292 g/mol. The molecule has 1 aromatic rings. The summed E-state index contributed by atoms with van der Waals surface area (Å²) >= 11 is 0. The van der Waals surface area contributed by atoms with Crippen molar-refractivity contribution in [1.82, 2.24) is 9.88 Å². The summed E-state index contributed by atoms with van der Waals surface area (Å²) in [6.45, 7) is 3.08. The van der Waals surface area contributed by atoms with Gasteiger partial charge < -0.3 is 10.2 Å². The Kier molecular flexibility index (Phi) is 4.61. The monoisotopic (exact) mass is 316 g/mol. The first kappa shape index (κ1) is 15.9. The number of aryl methyl sites for hydroxylation is 1. The molecule has 0 bridgehead atoms. The number of anilines is 2. The normalized spacial score (nSPS) is 21.7. The van der Waals surface area contributed by atoms with E-state index in [-0.39, 0.29) is 18.4 Å².